The van der Waals surface area contributed by atoms with E-state index in [1.54, 1.807) is 12.0 Å². The molecule has 3 aromatic rings. The average Bonchev–Trinajstić information content (AvgIpc) is 2.87. The highest BCUT2D eigenvalue weighted by atomic mass is 79.9. The van der Waals surface area contributed by atoms with Crippen molar-refractivity contribution in [1.29, 1.82) is 0 Å². The number of hydrogen-bond acceptors (Lipinski definition) is 4. The number of aryl methyl sites for hydroxylation is 2. The van der Waals surface area contributed by atoms with Crippen molar-refractivity contribution in [3.8, 4) is 11.5 Å². The van der Waals surface area contributed by atoms with E-state index >= 15 is 0 Å². The van der Waals surface area contributed by atoms with Gasteiger partial charge >= 0.3 is 0 Å². The lowest BCUT2D eigenvalue weighted by atomic mass is 10.0. The predicted molar refractivity (Wildman–Crippen MR) is 154 cm³/mol. The van der Waals surface area contributed by atoms with Crippen molar-refractivity contribution in [2.24, 2.45) is 0 Å². The molecule has 0 spiro atoms. The van der Waals surface area contributed by atoms with Crippen molar-refractivity contribution in [1.82, 2.24) is 10.2 Å². The molecule has 6 nitrogen and oxygen atoms in total. The van der Waals surface area contributed by atoms with Crippen LogP contribution < -0.4 is 14.8 Å². The van der Waals surface area contributed by atoms with Crippen molar-refractivity contribution in [3.63, 3.8) is 0 Å². The molecule has 0 unspecified atom stereocenters. The second-order valence-corrected chi connectivity index (χ2v) is 11.3. The number of ether oxygens (including phenoxy) is 2. The summed E-state index contributed by atoms with van der Waals surface area (Å²) in [6, 6.07) is 20.3. The van der Waals surface area contributed by atoms with Crippen molar-refractivity contribution < 1.29 is 19.1 Å². The van der Waals surface area contributed by atoms with Gasteiger partial charge in [0.15, 0.2) is 6.61 Å². The summed E-state index contributed by atoms with van der Waals surface area (Å²) in [7, 11) is 1.60. The van der Waals surface area contributed by atoms with Gasteiger partial charge in [0.1, 0.15) is 17.5 Å². The number of carbonyl (C=O) groups is 2. The van der Waals surface area contributed by atoms with Gasteiger partial charge in [0, 0.05) is 23.0 Å². The van der Waals surface area contributed by atoms with Gasteiger partial charge in [-0.1, -0.05) is 58.4 Å². The van der Waals surface area contributed by atoms with Gasteiger partial charge < -0.3 is 19.7 Å². The summed E-state index contributed by atoms with van der Waals surface area (Å²) in [5.41, 5.74) is 3.40. The Hall–Kier alpha value is -3.32. The van der Waals surface area contributed by atoms with Gasteiger partial charge in [-0.05, 0) is 81.1 Å². The maximum absolute atomic E-state index is 13.8. The molecule has 0 saturated heterocycles. The molecule has 202 valence electrons. The largest absolute Gasteiger partial charge is 0.497 e. The van der Waals surface area contributed by atoms with E-state index in [2.05, 4.69) is 21.2 Å². The quantitative estimate of drug-likeness (QED) is 0.319. The lowest BCUT2D eigenvalue weighted by Crippen LogP contribution is -2.55. The van der Waals surface area contributed by atoms with Crippen LogP contribution in [-0.2, 0) is 22.6 Å². The monoisotopic (exact) mass is 580 g/mol. The van der Waals surface area contributed by atoms with Crippen LogP contribution in [0.3, 0.4) is 0 Å². The zero-order chi connectivity index (χ0) is 27.9. The van der Waals surface area contributed by atoms with Crippen LogP contribution in [0.4, 0.5) is 0 Å². The van der Waals surface area contributed by atoms with Crippen LogP contribution in [0.2, 0.25) is 0 Å². The van der Waals surface area contributed by atoms with Gasteiger partial charge in [-0.2, -0.15) is 0 Å². The number of benzene rings is 3. The molecule has 0 radical (unpaired) electrons. The van der Waals surface area contributed by atoms with Crippen molar-refractivity contribution in [2.75, 3.05) is 13.7 Å². The fraction of sp³-hybridized carbons (Fsp3) is 0.355. The summed E-state index contributed by atoms with van der Waals surface area (Å²) < 4.78 is 12.4. The third-order valence-corrected chi connectivity index (χ3v) is 7.28. The second kappa shape index (κ2) is 13.0. The van der Waals surface area contributed by atoms with E-state index in [0.717, 1.165) is 26.7 Å². The van der Waals surface area contributed by atoms with Gasteiger partial charge in [0.25, 0.3) is 5.91 Å². The van der Waals surface area contributed by atoms with E-state index < -0.39 is 11.6 Å². The molecule has 0 aliphatic carbocycles. The first-order valence-electron chi connectivity index (χ1n) is 12.6. The molecule has 0 fully saturated rings. The number of nitrogens with zero attached hydrogens (tertiary/aromatic N) is 1. The van der Waals surface area contributed by atoms with Crippen LogP contribution in [0.1, 0.15) is 43.0 Å². The predicted octanol–water partition coefficient (Wildman–Crippen LogP) is 6.01. The lowest BCUT2D eigenvalue weighted by Gasteiger charge is -2.33. The molecule has 0 aliphatic heterocycles. The van der Waals surface area contributed by atoms with Gasteiger partial charge in [0.05, 0.1) is 7.11 Å². The zero-order valence-corrected chi connectivity index (χ0v) is 24.6. The summed E-state index contributed by atoms with van der Waals surface area (Å²) in [5.74, 6) is 0.798. The number of amides is 2. The molecule has 1 N–H and O–H groups in total. The molecule has 2 amide bonds. The zero-order valence-electron chi connectivity index (χ0n) is 23.0. The van der Waals surface area contributed by atoms with E-state index in [1.165, 1.54) is 0 Å². The molecule has 3 rings (SSSR count). The van der Waals surface area contributed by atoms with E-state index in [4.69, 9.17) is 9.47 Å². The van der Waals surface area contributed by atoms with Crippen LogP contribution in [0.5, 0.6) is 11.5 Å². The maximum atomic E-state index is 13.8. The fourth-order valence-corrected chi connectivity index (χ4v) is 4.42. The van der Waals surface area contributed by atoms with Crippen molar-refractivity contribution in [2.45, 2.75) is 59.2 Å². The minimum atomic E-state index is -0.743. The van der Waals surface area contributed by atoms with E-state index in [-0.39, 0.29) is 25.0 Å². The topological polar surface area (TPSA) is 67.9 Å². The van der Waals surface area contributed by atoms with E-state index in [1.807, 2.05) is 101 Å². The number of nitrogens with one attached hydrogen (secondary N) is 1. The molecule has 0 saturated carbocycles. The highest BCUT2D eigenvalue weighted by molar-refractivity contribution is 9.10. The Morgan fingerprint density at radius 2 is 1.55 bits per heavy atom. The lowest BCUT2D eigenvalue weighted by molar-refractivity contribution is -0.143. The normalized spacial score (nSPS) is 12.0. The Morgan fingerprint density at radius 3 is 2.16 bits per heavy atom. The second-order valence-electron chi connectivity index (χ2n) is 10.5. The molecule has 1 atom stereocenters. The minimum Gasteiger partial charge on any atom is -0.497 e. The first kappa shape index (κ1) is 29.2. The molecule has 0 aromatic heterocycles. The molecule has 38 heavy (non-hydrogen) atoms. The third kappa shape index (κ3) is 8.35. The standard InChI is InChI=1S/C31H37BrN2O4/c1-21-15-26(16-22(2)29(21)32)38-20-28(35)34(19-24-13-10-14-25(17-24)37-6)27(30(36)33-31(3,4)5)18-23-11-8-7-9-12-23/h7-17,27H,18-20H2,1-6H3,(H,33,36)/t27-/m1/s1. The molecule has 0 aliphatic rings. The molecular weight excluding hydrogens is 544 g/mol. The third-order valence-electron chi connectivity index (χ3n) is 6.03. The number of methoxy groups -OCH3 is 1. The number of carbonyl (C=O) groups excluding carboxylic acids is 2. The number of rotatable bonds is 10. The number of halogens is 1. The Kier molecular flexibility index (Phi) is 9.97. The highest BCUT2D eigenvalue weighted by Gasteiger charge is 2.32. The Bertz CT molecular complexity index is 1230. The van der Waals surface area contributed by atoms with Gasteiger partial charge in [0.2, 0.25) is 5.91 Å². The molecule has 0 bridgehead atoms. The number of hydrogen-bond donors (Lipinski definition) is 1. The van der Waals surface area contributed by atoms with Gasteiger partial charge in [-0.3, -0.25) is 9.59 Å². The van der Waals surface area contributed by atoms with Crippen LogP contribution in [0, 0.1) is 13.8 Å². The molecule has 3 aromatic carbocycles. The molecular formula is C31H37BrN2O4. The van der Waals surface area contributed by atoms with Gasteiger partial charge in [-0.25, -0.2) is 0 Å². The Balaban J connectivity index is 1.96. The maximum Gasteiger partial charge on any atom is 0.261 e. The summed E-state index contributed by atoms with van der Waals surface area (Å²) >= 11 is 3.57. The van der Waals surface area contributed by atoms with Crippen molar-refractivity contribution in [3.05, 3.63) is 93.5 Å². The van der Waals surface area contributed by atoms with Crippen LogP contribution in [-0.4, -0.2) is 42.0 Å². The smallest absolute Gasteiger partial charge is 0.261 e. The van der Waals surface area contributed by atoms with Crippen LogP contribution in [0.25, 0.3) is 0 Å². The first-order valence-corrected chi connectivity index (χ1v) is 13.4. The molecule has 0 heterocycles. The van der Waals surface area contributed by atoms with Gasteiger partial charge in [-0.15, -0.1) is 0 Å². The summed E-state index contributed by atoms with van der Waals surface area (Å²) in [6.07, 6.45) is 0.370. The van der Waals surface area contributed by atoms with Crippen LogP contribution >= 0.6 is 15.9 Å². The van der Waals surface area contributed by atoms with E-state index in [0.29, 0.717) is 17.9 Å². The van der Waals surface area contributed by atoms with Crippen molar-refractivity contribution >= 4 is 27.7 Å². The minimum absolute atomic E-state index is 0.196. The first-order chi connectivity index (χ1) is 18.0. The Morgan fingerprint density at radius 1 is 0.921 bits per heavy atom. The average molecular weight is 582 g/mol. The van der Waals surface area contributed by atoms with Crippen LogP contribution in [0.15, 0.2) is 71.2 Å². The SMILES string of the molecule is COc1cccc(CN(C(=O)COc2cc(C)c(Br)c(C)c2)[C@H](Cc2ccccc2)C(=O)NC(C)(C)C)c1. The summed E-state index contributed by atoms with van der Waals surface area (Å²) in [4.78, 5) is 29.1. The van der Waals surface area contributed by atoms with E-state index in [9.17, 15) is 9.59 Å². The summed E-state index contributed by atoms with van der Waals surface area (Å²) in [6.45, 7) is 9.78. The fourth-order valence-electron chi connectivity index (χ4n) is 4.19. The Labute approximate surface area is 234 Å². The summed E-state index contributed by atoms with van der Waals surface area (Å²) in [5, 5.41) is 3.07. The highest BCUT2D eigenvalue weighted by Crippen LogP contribution is 2.26. The molecule has 7 heteroatoms.